The molecule has 21 heavy (non-hydrogen) atoms. The molecule has 0 amide bonds. The molecule has 1 unspecified atom stereocenters. The van der Waals surface area contributed by atoms with E-state index in [-0.39, 0.29) is 6.04 Å². The van der Waals surface area contributed by atoms with Gasteiger partial charge in [-0.2, -0.15) is 0 Å². The maximum absolute atomic E-state index is 6.05. The number of aromatic nitrogens is 2. The van der Waals surface area contributed by atoms with E-state index in [9.17, 15) is 0 Å². The molecule has 0 aliphatic rings. The van der Waals surface area contributed by atoms with E-state index in [4.69, 9.17) is 5.73 Å². The highest BCUT2D eigenvalue weighted by Gasteiger charge is 2.14. The molecular weight excluding hydrogens is 348 g/mol. The van der Waals surface area contributed by atoms with Gasteiger partial charge in [0.2, 0.25) is 0 Å². The molecule has 0 aliphatic heterocycles. The summed E-state index contributed by atoms with van der Waals surface area (Å²) in [4.78, 5) is 8.90. The number of pyridine rings is 1. The third-order valence-corrected chi connectivity index (χ3v) is 4.66. The third-order valence-electron chi connectivity index (χ3n) is 3.34. The van der Waals surface area contributed by atoms with Crippen LogP contribution in [0.1, 0.15) is 24.4 Å². The summed E-state index contributed by atoms with van der Waals surface area (Å²) in [7, 11) is 0. The smallest absolute Gasteiger partial charge is 0.115 e. The Morgan fingerprint density at radius 1 is 1.38 bits per heavy atom. The van der Waals surface area contributed by atoms with Gasteiger partial charge in [0.15, 0.2) is 0 Å². The van der Waals surface area contributed by atoms with Crippen LogP contribution in [0.25, 0.3) is 10.9 Å². The van der Waals surface area contributed by atoms with Gasteiger partial charge >= 0.3 is 0 Å². The van der Waals surface area contributed by atoms with Crippen LogP contribution >= 0.6 is 27.3 Å². The second-order valence-corrected chi connectivity index (χ2v) is 6.57. The molecule has 2 heterocycles. The summed E-state index contributed by atoms with van der Waals surface area (Å²) in [6.07, 6.45) is 4.58. The van der Waals surface area contributed by atoms with E-state index in [1.54, 1.807) is 17.5 Å². The quantitative estimate of drug-likeness (QED) is 0.665. The Bertz CT molecular complexity index is 758. The van der Waals surface area contributed by atoms with E-state index in [1.165, 1.54) is 0 Å². The SMILES string of the molecule is CCC(Nc1ccc(N)c2cc(Br)cnc12)c1nccs1. The molecule has 3 rings (SSSR count). The minimum Gasteiger partial charge on any atom is -0.398 e. The molecule has 0 saturated carbocycles. The molecule has 3 N–H and O–H groups in total. The molecular formula is C15H15BrN4S. The van der Waals surface area contributed by atoms with E-state index in [2.05, 4.69) is 38.1 Å². The number of benzene rings is 1. The number of nitrogens with zero attached hydrogens (tertiary/aromatic N) is 2. The van der Waals surface area contributed by atoms with E-state index in [0.717, 1.165) is 38.2 Å². The summed E-state index contributed by atoms with van der Waals surface area (Å²) in [6.45, 7) is 2.14. The zero-order valence-corrected chi connectivity index (χ0v) is 13.9. The first-order chi connectivity index (χ1) is 10.2. The molecule has 0 spiro atoms. The van der Waals surface area contributed by atoms with Gasteiger partial charge in [-0.3, -0.25) is 4.98 Å². The van der Waals surface area contributed by atoms with Gasteiger partial charge in [0.1, 0.15) is 5.01 Å². The normalized spacial score (nSPS) is 12.5. The number of nitrogens with two attached hydrogens (primary N) is 1. The van der Waals surface area contributed by atoms with Crippen LogP contribution in [0.4, 0.5) is 11.4 Å². The predicted molar refractivity (Wildman–Crippen MR) is 92.6 cm³/mol. The second kappa shape index (κ2) is 5.99. The largest absolute Gasteiger partial charge is 0.398 e. The lowest BCUT2D eigenvalue weighted by Gasteiger charge is -2.17. The predicted octanol–water partition coefficient (Wildman–Crippen LogP) is 4.60. The molecule has 6 heteroatoms. The molecule has 2 aromatic heterocycles. The van der Waals surface area contributed by atoms with Gasteiger partial charge in [-0.25, -0.2) is 4.98 Å². The van der Waals surface area contributed by atoms with Crippen molar-refractivity contribution < 1.29 is 0 Å². The second-order valence-electron chi connectivity index (χ2n) is 4.73. The lowest BCUT2D eigenvalue weighted by Crippen LogP contribution is -2.10. The van der Waals surface area contributed by atoms with Crippen LogP contribution in [-0.4, -0.2) is 9.97 Å². The molecule has 0 fully saturated rings. The summed E-state index contributed by atoms with van der Waals surface area (Å²) in [5.41, 5.74) is 8.64. The molecule has 108 valence electrons. The van der Waals surface area contributed by atoms with Crippen molar-refractivity contribution in [3.8, 4) is 0 Å². The molecule has 1 aromatic carbocycles. The van der Waals surface area contributed by atoms with E-state index in [1.807, 2.05) is 29.8 Å². The van der Waals surface area contributed by atoms with Crippen LogP contribution in [0.3, 0.4) is 0 Å². The summed E-state index contributed by atoms with van der Waals surface area (Å²) in [5.74, 6) is 0. The van der Waals surface area contributed by atoms with Crippen molar-refractivity contribution in [2.24, 2.45) is 0 Å². The van der Waals surface area contributed by atoms with Gasteiger partial charge in [0, 0.05) is 33.3 Å². The van der Waals surface area contributed by atoms with Crippen molar-refractivity contribution in [3.63, 3.8) is 0 Å². The van der Waals surface area contributed by atoms with Crippen molar-refractivity contribution in [1.82, 2.24) is 9.97 Å². The fourth-order valence-corrected chi connectivity index (χ4v) is 3.37. The maximum atomic E-state index is 6.05. The molecule has 1 atom stereocenters. The third kappa shape index (κ3) is 2.87. The molecule has 3 aromatic rings. The number of fused-ring (bicyclic) bond motifs is 1. The molecule has 0 saturated heterocycles. The Hall–Kier alpha value is -1.66. The zero-order chi connectivity index (χ0) is 14.8. The number of hydrogen-bond acceptors (Lipinski definition) is 5. The van der Waals surface area contributed by atoms with Crippen LogP contribution < -0.4 is 11.1 Å². The van der Waals surface area contributed by atoms with Gasteiger partial charge in [-0.05, 0) is 40.5 Å². The highest BCUT2D eigenvalue weighted by Crippen LogP contribution is 2.32. The molecule has 0 bridgehead atoms. The number of anilines is 2. The average Bonchev–Trinajstić information content (AvgIpc) is 3.01. The number of halogens is 1. The Morgan fingerprint density at radius 2 is 2.24 bits per heavy atom. The highest BCUT2D eigenvalue weighted by molar-refractivity contribution is 9.10. The molecule has 0 aliphatic carbocycles. The zero-order valence-electron chi connectivity index (χ0n) is 11.5. The molecule has 4 nitrogen and oxygen atoms in total. The topological polar surface area (TPSA) is 63.8 Å². The van der Waals surface area contributed by atoms with Crippen LogP contribution in [0, 0.1) is 0 Å². The number of nitrogens with one attached hydrogen (secondary N) is 1. The first kappa shape index (κ1) is 14.3. The van der Waals surface area contributed by atoms with Crippen molar-refractivity contribution in [1.29, 1.82) is 0 Å². The lowest BCUT2D eigenvalue weighted by molar-refractivity contribution is 0.743. The fraction of sp³-hybridized carbons (Fsp3) is 0.200. The van der Waals surface area contributed by atoms with Gasteiger partial charge in [-0.15, -0.1) is 11.3 Å². The van der Waals surface area contributed by atoms with Gasteiger partial charge < -0.3 is 11.1 Å². The van der Waals surface area contributed by atoms with Crippen LogP contribution in [0.2, 0.25) is 0 Å². The van der Waals surface area contributed by atoms with Crippen molar-refractivity contribution >= 4 is 49.5 Å². The summed E-state index contributed by atoms with van der Waals surface area (Å²) in [6, 6.07) is 6.07. The van der Waals surface area contributed by atoms with E-state index < -0.39 is 0 Å². The highest BCUT2D eigenvalue weighted by atomic mass is 79.9. The fourth-order valence-electron chi connectivity index (χ4n) is 2.26. The Kier molecular flexibility index (Phi) is 4.07. The Balaban J connectivity index is 2.03. The Morgan fingerprint density at radius 3 is 2.95 bits per heavy atom. The molecule has 0 radical (unpaired) electrons. The average molecular weight is 363 g/mol. The maximum Gasteiger partial charge on any atom is 0.115 e. The van der Waals surface area contributed by atoms with Gasteiger partial charge in [-0.1, -0.05) is 6.92 Å². The standard InChI is InChI=1S/C15H15BrN4S/c1-2-12(15-18-5-6-21-15)20-13-4-3-11(17)10-7-9(16)8-19-14(10)13/h3-8,12,20H,2,17H2,1H3. The van der Waals surface area contributed by atoms with Gasteiger partial charge in [0.25, 0.3) is 0 Å². The summed E-state index contributed by atoms with van der Waals surface area (Å²) >= 11 is 5.10. The monoisotopic (exact) mass is 362 g/mol. The first-order valence-corrected chi connectivity index (χ1v) is 8.36. The number of rotatable bonds is 4. The summed E-state index contributed by atoms with van der Waals surface area (Å²) in [5, 5.41) is 7.56. The van der Waals surface area contributed by atoms with Crippen LogP contribution in [0.5, 0.6) is 0 Å². The van der Waals surface area contributed by atoms with E-state index >= 15 is 0 Å². The van der Waals surface area contributed by atoms with Crippen LogP contribution in [0.15, 0.2) is 40.4 Å². The van der Waals surface area contributed by atoms with Crippen molar-refractivity contribution in [2.45, 2.75) is 19.4 Å². The van der Waals surface area contributed by atoms with Crippen LogP contribution in [-0.2, 0) is 0 Å². The Labute approximate surface area is 135 Å². The van der Waals surface area contributed by atoms with Crippen molar-refractivity contribution in [3.05, 3.63) is 45.5 Å². The number of hydrogen-bond donors (Lipinski definition) is 2. The van der Waals surface area contributed by atoms with Gasteiger partial charge in [0.05, 0.1) is 17.2 Å². The van der Waals surface area contributed by atoms with Crippen molar-refractivity contribution in [2.75, 3.05) is 11.1 Å². The lowest BCUT2D eigenvalue weighted by atomic mass is 10.1. The van der Waals surface area contributed by atoms with E-state index in [0.29, 0.717) is 0 Å². The number of thiazole rings is 1. The number of nitrogen functional groups attached to an aromatic ring is 1. The minimum absolute atomic E-state index is 0.183. The first-order valence-electron chi connectivity index (χ1n) is 6.68. The summed E-state index contributed by atoms with van der Waals surface area (Å²) < 4.78 is 0.922. The minimum atomic E-state index is 0.183.